The predicted octanol–water partition coefficient (Wildman–Crippen LogP) is 1.81. The quantitative estimate of drug-likeness (QED) is 0.228. The summed E-state index contributed by atoms with van der Waals surface area (Å²) < 4.78 is 0. The largest absolute Gasteiger partial charge is 3.00 e. The summed E-state index contributed by atoms with van der Waals surface area (Å²) in [7, 11) is 6.60. The van der Waals surface area contributed by atoms with Gasteiger partial charge in [-0.3, -0.25) is 9.78 Å². The van der Waals surface area contributed by atoms with Crippen LogP contribution in [0, 0.1) is 30.6 Å². The zero-order chi connectivity index (χ0) is 30.4. The van der Waals surface area contributed by atoms with E-state index in [-0.39, 0.29) is 24.9 Å². The Labute approximate surface area is 247 Å². The molecule has 40 heavy (non-hydrogen) atoms. The molecule has 14 nitrogen and oxygen atoms in total. The topological polar surface area (TPSA) is 195 Å². The van der Waals surface area contributed by atoms with Crippen LogP contribution in [-0.2, 0) is 24.9 Å². The van der Waals surface area contributed by atoms with Gasteiger partial charge in [-0.05, 0) is 50.3 Å². The summed E-state index contributed by atoms with van der Waals surface area (Å²) >= 11 is 0. The summed E-state index contributed by atoms with van der Waals surface area (Å²) in [6, 6.07) is 11.3. The molecule has 0 saturated carbocycles. The van der Waals surface area contributed by atoms with E-state index in [2.05, 4.69) is 73.7 Å². The molecule has 0 aliphatic carbocycles. The van der Waals surface area contributed by atoms with E-state index < -0.39 is 21.4 Å². The van der Waals surface area contributed by atoms with Gasteiger partial charge in [0.25, 0.3) is 0 Å². The molecule has 1 radical (unpaired) electrons. The first-order valence-corrected chi connectivity index (χ1v) is 11.9. The van der Waals surface area contributed by atoms with Crippen molar-refractivity contribution in [3.63, 3.8) is 0 Å². The van der Waals surface area contributed by atoms with Crippen LogP contribution < -0.4 is 10.5 Å². The predicted molar refractivity (Wildman–Crippen MR) is 148 cm³/mol. The molecule has 2 heterocycles. The standard InChI is InChI=1S/C9H21N3.C9H13N.C7H6O2.2NO3.Ru/c1-10-4-6-11(2)8-9-12(3)7-5-10;1-9(2,3)8-4-6-10-7-5-8;8-6-4-2-1-3-5-7(6)9;2*2-1(3)4;/h4-9H2,1-3H3;4-7H,1-3H3;1-5H,(H,8,9);;;/q;;;2*-1;+3/p-1. The molecule has 1 aromatic carbocycles. The Kier molecular flexibility index (Phi) is 24.3. The molecule has 0 spiro atoms. The molecule has 0 bridgehead atoms. The first kappa shape index (κ1) is 41.2. The van der Waals surface area contributed by atoms with Crippen LogP contribution in [0.2, 0.25) is 0 Å². The molecule has 0 atom stereocenters. The SMILES string of the molecule is CC(C)(C)c1ccncc1.CN1CCN(C)CCN(C)CC1.O=[N+]([O-])[O-].O=[N+]([O-])[O-].O=c1cccccc1[O-].[Ru+3]. The first-order chi connectivity index (χ1) is 18.1. The summed E-state index contributed by atoms with van der Waals surface area (Å²) in [6.45, 7) is 13.8. The molecule has 0 amide bonds. The number of hydrogen-bond donors (Lipinski definition) is 0. The van der Waals surface area contributed by atoms with Gasteiger partial charge in [-0.15, -0.1) is 0 Å². The van der Waals surface area contributed by atoms with Crippen molar-refractivity contribution in [1.82, 2.24) is 19.7 Å². The third-order valence-corrected chi connectivity index (χ3v) is 5.10. The number of rotatable bonds is 0. The molecule has 15 heteroatoms. The Bertz CT molecular complexity index is 943. The normalized spacial score (nSPS) is 13.9. The Balaban J connectivity index is -0.000000451. The van der Waals surface area contributed by atoms with E-state index in [4.69, 9.17) is 30.6 Å². The van der Waals surface area contributed by atoms with Crippen LogP contribution >= 0.6 is 0 Å². The van der Waals surface area contributed by atoms with Gasteiger partial charge in [0.15, 0.2) is 5.43 Å². The van der Waals surface area contributed by atoms with E-state index in [1.165, 1.54) is 57.0 Å². The van der Waals surface area contributed by atoms with Gasteiger partial charge < -0.3 is 50.4 Å². The summed E-state index contributed by atoms with van der Waals surface area (Å²) in [5.41, 5.74) is 1.13. The molecule has 225 valence electrons. The van der Waals surface area contributed by atoms with Crippen molar-refractivity contribution >= 4 is 0 Å². The molecule has 1 saturated heterocycles. The molecule has 1 aliphatic rings. The van der Waals surface area contributed by atoms with Crippen molar-refractivity contribution < 1.29 is 34.8 Å². The molecule has 1 aromatic heterocycles. The molecule has 0 N–H and O–H groups in total. The molecule has 0 unspecified atom stereocenters. The molecule has 2 aromatic rings. The molecule has 1 aliphatic heterocycles. The summed E-state index contributed by atoms with van der Waals surface area (Å²) in [4.78, 5) is 38.2. The van der Waals surface area contributed by atoms with Crippen LogP contribution in [0.3, 0.4) is 0 Å². The molecular weight excluding hydrogens is 613 g/mol. The van der Waals surface area contributed by atoms with Crippen molar-refractivity contribution in [2.75, 3.05) is 60.4 Å². The van der Waals surface area contributed by atoms with Crippen molar-refractivity contribution in [2.24, 2.45) is 0 Å². The van der Waals surface area contributed by atoms with E-state index in [1.54, 1.807) is 18.2 Å². The van der Waals surface area contributed by atoms with Gasteiger partial charge in [-0.2, -0.15) is 0 Å². The fourth-order valence-corrected chi connectivity index (χ4v) is 2.73. The second-order valence-corrected chi connectivity index (χ2v) is 9.48. The smallest absolute Gasteiger partial charge is 0.870 e. The monoisotopic (exact) mass is 653 g/mol. The van der Waals surface area contributed by atoms with Crippen LogP contribution in [0.25, 0.3) is 0 Å². The maximum atomic E-state index is 10.5. The number of likely N-dealkylation sites (N-methyl/N-ethyl adjacent to an activating group) is 3. The minimum Gasteiger partial charge on any atom is -0.870 e. The van der Waals surface area contributed by atoms with Crippen LogP contribution in [0.5, 0.6) is 5.75 Å². The fraction of sp³-hybridized carbons (Fsp3) is 0.520. The van der Waals surface area contributed by atoms with E-state index in [0.29, 0.717) is 0 Å². The number of pyridine rings is 1. The Morgan fingerprint density at radius 1 is 0.700 bits per heavy atom. The van der Waals surface area contributed by atoms with Gasteiger partial charge in [0, 0.05) is 51.7 Å². The number of hydrogen-bond acceptors (Lipinski definition) is 12. The van der Waals surface area contributed by atoms with E-state index in [1.807, 2.05) is 12.4 Å². The number of aromatic nitrogens is 1. The molecule has 1 fully saturated rings. The van der Waals surface area contributed by atoms with Gasteiger partial charge in [0.2, 0.25) is 0 Å². The molecular formula is C25H39N6O8Ru. The second kappa shape index (κ2) is 23.6. The summed E-state index contributed by atoms with van der Waals surface area (Å²) in [5, 5.41) is 40.0. The van der Waals surface area contributed by atoms with Gasteiger partial charge in [-0.25, -0.2) is 0 Å². The van der Waals surface area contributed by atoms with Gasteiger partial charge in [-0.1, -0.05) is 50.8 Å². The van der Waals surface area contributed by atoms with Gasteiger partial charge in [0.05, 0.1) is 10.2 Å². The second-order valence-electron chi connectivity index (χ2n) is 9.48. The summed E-state index contributed by atoms with van der Waals surface area (Å²) in [5.74, 6) is -0.458. The fourth-order valence-electron chi connectivity index (χ4n) is 2.73. The Morgan fingerprint density at radius 3 is 1.32 bits per heavy atom. The average molecular weight is 653 g/mol. The Morgan fingerprint density at radius 2 is 1.02 bits per heavy atom. The third-order valence-electron chi connectivity index (χ3n) is 5.10. The first-order valence-electron chi connectivity index (χ1n) is 11.9. The third kappa shape index (κ3) is 27.8. The molecule has 3 rings (SSSR count). The zero-order valence-electron chi connectivity index (χ0n) is 23.7. The van der Waals surface area contributed by atoms with Crippen molar-refractivity contribution in [3.8, 4) is 5.75 Å². The van der Waals surface area contributed by atoms with E-state index in [0.717, 1.165) is 0 Å². The van der Waals surface area contributed by atoms with E-state index >= 15 is 0 Å². The van der Waals surface area contributed by atoms with Crippen LogP contribution in [0.15, 0.2) is 59.7 Å². The minimum atomic E-state index is -1.75. The van der Waals surface area contributed by atoms with Crippen LogP contribution in [0.4, 0.5) is 0 Å². The van der Waals surface area contributed by atoms with Gasteiger partial charge in [0.1, 0.15) is 0 Å². The van der Waals surface area contributed by atoms with Crippen molar-refractivity contribution in [2.45, 2.75) is 26.2 Å². The zero-order valence-corrected chi connectivity index (χ0v) is 25.5. The van der Waals surface area contributed by atoms with Crippen molar-refractivity contribution in [1.29, 1.82) is 0 Å². The maximum Gasteiger partial charge on any atom is 3.00 e. The van der Waals surface area contributed by atoms with Gasteiger partial charge >= 0.3 is 19.5 Å². The Hall–Kier alpha value is -3.26. The summed E-state index contributed by atoms with van der Waals surface area (Å²) in [6.07, 6.45) is 3.67. The number of nitrogens with zero attached hydrogens (tertiary/aromatic N) is 6. The minimum absolute atomic E-state index is 0. The van der Waals surface area contributed by atoms with E-state index in [9.17, 15) is 9.90 Å². The maximum absolute atomic E-state index is 10.5. The average Bonchev–Trinajstić information content (AvgIpc) is 2.99. The van der Waals surface area contributed by atoms with Crippen LogP contribution in [0.1, 0.15) is 26.3 Å². The van der Waals surface area contributed by atoms with Crippen molar-refractivity contribution in [3.05, 3.63) is 101 Å². The van der Waals surface area contributed by atoms with Crippen LogP contribution in [-0.4, -0.2) is 90.3 Å².